The lowest BCUT2D eigenvalue weighted by molar-refractivity contribution is 0.627. The second kappa shape index (κ2) is 4.78. The van der Waals surface area contributed by atoms with Crippen LogP contribution < -0.4 is 5.73 Å². The maximum absolute atomic E-state index is 13.5. The van der Waals surface area contributed by atoms with E-state index in [9.17, 15) is 4.39 Å². The molecule has 2 N–H and O–H groups in total. The van der Waals surface area contributed by atoms with Gasteiger partial charge in [0.25, 0.3) is 0 Å². The van der Waals surface area contributed by atoms with Gasteiger partial charge in [0.05, 0.1) is 0 Å². The molecule has 1 aromatic heterocycles. The molecule has 0 saturated heterocycles. The van der Waals surface area contributed by atoms with Crippen molar-refractivity contribution in [2.24, 2.45) is 5.73 Å². The minimum absolute atomic E-state index is 0.264. The quantitative estimate of drug-likeness (QED) is 0.758. The number of hydrogen-bond donors (Lipinski definition) is 1. The fraction of sp³-hybridized carbons (Fsp3) is 0.0625. The fourth-order valence-corrected chi connectivity index (χ4v) is 2.31. The molecule has 2 nitrogen and oxygen atoms in total. The first-order valence-corrected chi connectivity index (χ1v) is 6.11. The number of hydrogen-bond acceptors (Lipinski definition) is 2. The van der Waals surface area contributed by atoms with Crippen LogP contribution in [-0.4, -0.2) is 4.98 Å². The predicted molar refractivity (Wildman–Crippen MR) is 75.0 cm³/mol. The number of nitrogens with two attached hydrogens (primary N) is 1. The minimum atomic E-state index is -0.264. The predicted octanol–water partition coefficient (Wildman–Crippen LogP) is 3.50. The molecule has 3 aromatic rings. The van der Waals surface area contributed by atoms with Crippen LogP contribution in [0.15, 0.2) is 54.9 Å². The molecule has 0 amide bonds. The molecular weight excluding hydrogens is 239 g/mol. The Hall–Kier alpha value is -2.26. The van der Waals surface area contributed by atoms with E-state index in [1.807, 2.05) is 24.3 Å². The zero-order valence-electron chi connectivity index (χ0n) is 10.3. The lowest BCUT2D eigenvalue weighted by atomic mass is 9.96. The highest BCUT2D eigenvalue weighted by Gasteiger charge is 2.09. The molecule has 0 saturated carbocycles. The third kappa shape index (κ3) is 2.09. The molecule has 0 fully saturated rings. The van der Waals surface area contributed by atoms with Crippen LogP contribution in [0.3, 0.4) is 0 Å². The van der Waals surface area contributed by atoms with Gasteiger partial charge in [0.15, 0.2) is 0 Å². The molecule has 0 aliphatic rings. The third-order valence-corrected chi connectivity index (χ3v) is 3.25. The van der Waals surface area contributed by atoms with Crippen LogP contribution in [0.4, 0.5) is 4.39 Å². The number of nitrogens with zero attached hydrogens (tertiary/aromatic N) is 1. The van der Waals surface area contributed by atoms with Crippen LogP contribution in [0.1, 0.15) is 5.56 Å². The molecule has 3 rings (SSSR count). The highest BCUT2D eigenvalue weighted by atomic mass is 19.1. The summed E-state index contributed by atoms with van der Waals surface area (Å²) < 4.78 is 13.5. The molecule has 0 radical (unpaired) electrons. The average molecular weight is 252 g/mol. The SMILES string of the molecule is NCc1ccc(F)cc1-c1cncc2ccccc12. The zero-order valence-corrected chi connectivity index (χ0v) is 10.3. The summed E-state index contributed by atoms with van der Waals surface area (Å²) in [5.74, 6) is -0.264. The largest absolute Gasteiger partial charge is 0.326 e. The van der Waals surface area contributed by atoms with E-state index in [1.54, 1.807) is 18.5 Å². The van der Waals surface area contributed by atoms with Gasteiger partial charge in [0, 0.05) is 29.9 Å². The van der Waals surface area contributed by atoms with Crippen LogP contribution in [0.5, 0.6) is 0 Å². The second-order valence-electron chi connectivity index (χ2n) is 4.41. The standard InChI is InChI=1S/C16H13FN2/c17-13-6-5-11(8-18)15(7-13)16-10-19-9-12-3-1-2-4-14(12)16/h1-7,9-10H,8,18H2. The van der Waals surface area contributed by atoms with E-state index in [1.165, 1.54) is 12.1 Å². The summed E-state index contributed by atoms with van der Waals surface area (Å²) in [6.45, 7) is 0.374. The normalized spacial score (nSPS) is 10.8. The lowest BCUT2D eigenvalue weighted by Crippen LogP contribution is -2.00. The molecule has 0 spiro atoms. The van der Waals surface area contributed by atoms with Gasteiger partial charge >= 0.3 is 0 Å². The van der Waals surface area contributed by atoms with Gasteiger partial charge in [-0.05, 0) is 28.6 Å². The Bertz CT molecular complexity index is 732. The van der Waals surface area contributed by atoms with Crippen molar-refractivity contribution >= 4 is 10.8 Å². The van der Waals surface area contributed by atoms with E-state index in [0.717, 1.165) is 27.5 Å². The molecule has 19 heavy (non-hydrogen) atoms. The first-order chi connectivity index (χ1) is 9.29. The highest BCUT2D eigenvalue weighted by molar-refractivity contribution is 5.96. The fourth-order valence-electron chi connectivity index (χ4n) is 2.31. The Balaban J connectivity index is 2.33. The molecule has 3 heteroatoms. The van der Waals surface area contributed by atoms with Crippen molar-refractivity contribution in [3.63, 3.8) is 0 Å². The van der Waals surface area contributed by atoms with Crippen LogP contribution in [0.2, 0.25) is 0 Å². The zero-order chi connectivity index (χ0) is 13.2. The highest BCUT2D eigenvalue weighted by Crippen LogP contribution is 2.30. The molecule has 0 aliphatic heterocycles. The van der Waals surface area contributed by atoms with E-state index in [2.05, 4.69) is 4.98 Å². The number of benzene rings is 2. The van der Waals surface area contributed by atoms with Crippen LogP contribution in [0, 0.1) is 5.82 Å². The Kier molecular flexibility index (Phi) is 2.97. The molecule has 0 unspecified atom stereocenters. The summed E-state index contributed by atoms with van der Waals surface area (Å²) in [6, 6.07) is 12.6. The van der Waals surface area contributed by atoms with Crippen molar-refractivity contribution in [3.8, 4) is 11.1 Å². The van der Waals surface area contributed by atoms with Crippen molar-refractivity contribution in [2.75, 3.05) is 0 Å². The smallest absolute Gasteiger partial charge is 0.123 e. The van der Waals surface area contributed by atoms with Gasteiger partial charge in [-0.15, -0.1) is 0 Å². The molecule has 0 bridgehead atoms. The Labute approximate surface area is 110 Å². The summed E-state index contributed by atoms with van der Waals surface area (Å²) in [6.07, 6.45) is 3.57. The number of pyridine rings is 1. The maximum atomic E-state index is 13.5. The van der Waals surface area contributed by atoms with E-state index >= 15 is 0 Å². The topological polar surface area (TPSA) is 38.9 Å². The van der Waals surface area contributed by atoms with Crippen molar-refractivity contribution in [1.82, 2.24) is 4.98 Å². The van der Waals surface area contributed by atoms with E-state index in [-0.39, 0.29) is 5.82 Å². The van der Waals surface area contributed by atoms with Crippen molar-refractivity contribution in [1.29, 1.82) is 0 Å². The van der Waals surface area contributed by atoms with E-state index in [4.69, 9.17) is 5.73 Å². The van der Waals surface area contributed by atoms with Crippen molar-refractivity contribution < 1.29 is 4.39 Å². The van der Waals surface area contributed by atoms with Crippen molar-refractivity contribution in [2.45, 2.75) is 6.54 Å². The Morgan fingerprint density at radius 2 is 1.84 bits per heavy atom. The van der Waals surface area contributed by atoms with Gasteiger partial charge in [-0.3, -0.25) is 4.98 Å². The first kappa shape index (κ1) is 11.8. The van der Waals surface area contributed by atoms with Gasteiger partial charge in [0.1, 0.15) is 5.82 Å². The molecule has 94 valence electrons. The number of fused-ring (bicyclic) bond motifs is 1. The summed E-state index contributed by atoms with van der Waals surface area (Å²) in [4.78, 5) is 4.23. The summed E-state index contributed by atoms with van der Waals surface area (Å²) >= 11 is 0. The van der Waals surface area contributed by atoms with Gasteiger partial charge in [-0.1, -0.05) is 30.3 Å². The second-order valence-corrected chi connectivity index (χ2v) is 4.41. The minimum Gasteiger partial charge on any atom is -0.326 e. The third-order valence-electron chi connectivity index (χ3n) is 3.25. The van der Waals surface area contributed by atoms with Crippen LogP contribution >= 0.6 is 0 Å². The maximum Gasteiger partial charge on any atom is 0.123 e. The molecule has 1 heterocycles. The van der Waals surface area contributed by atoms with Gasteiger partial charge in [-0.25, -0.2) is 4.39 Å². The molecule has 0 aliphatic carbocycles. The first-order valence-electron chi connectivity index (χ1n) is 6.11. The number of rotatable bonds is 2. The number of halogens is 1. The summed E-state index contributed by atoms with van der Waals surface area (Å²) in [5.41, 5.74) is 8.38. The van der Waals surface area contributed by atoms with E-state index < -0.39 is 0 Å². The molecule has 2 aromatic carbocycles. The Morgan fingerprint density at radius 1 is 1.00 bits per heavy atom. The van der Waals surface area contributed by atoms with E-state index in [0.29, 0.717) is 6.54 Å². The lowest BCUT2D eigenvalue weighted by Gasteiger charge is -2.10. The summed E-state index contributed by atoms with van der Waals surface area (Å²) in [7, 11) is 0. The molecular formula is C16H13FN2. The van der Waals surface area contributed by atoms with Gasteiger partial charge in [0.2, 0.25) is 0 Å². The number of aromatic nitrogens is 1. The van der Waals surface area contributed by atoms with Crippen LogP contribution in [-0.2, 0) is 6.54 Å². The van der Waals surface area contributed by atoms with Gasteiger partial charge < -0.3 is 5.73 Å². The monoisotopic (exact) mass is 252 g/mol. The Morgan fingerprint density at radius 3 is 2.68 bits per heavy atom. The molecule has 0 atom stereocenters. The average Bonchev–Trinajstić information content (AvgIpc) is 2.46. The van der Waals surface area contributed by atoms with Crippen LogP contribution in [0.25, 0.3) is 21.9 Å². The van der Waals surface area contributed by atoms with Crippen molar-refractivity contribution in [3.05, 3.63) is 66.2 Å². The summed E-state index contributed by atoms with van der Waals surface area (Å²) in [5, 5.41) is 2.09. The van der Waals surface area contributed by atoms with Gasteiger partial charge in [-0.2, -0.15) is 0 Å².